The third kappa shape index (κ3) is 6.73. The topological polar surface area (TPSA) is 207 Å². The van der Waals surface area contributed by atoms with Crippen molar-refractivity contribution >= 4 is 34.9 Å². The highest BCUT2D eigenvalue weighted by Gasteiger charge is 2.47. The number of anilines is 1. The van der Waals surface area contributed by atoms with E-state index in [0.717, 1.165) is 25.7 Å². The second-order valence-corrected chi connectivity index (χ2v) is 10.5. The van der Waals surface area contributed by atoms with E-state index in [-0.39, 0.29) is 30.3 Å². The molecule has 5 heterocycles. The second kappa shape index (κ2) is 14.1. The number of aliphatic hydroxyl groups excluding tert-OH is 2. The first-order chi connectivity index (χ1) is 20.3. The number of nitrogens with one attached hydrogen (secondary N) is 2. The van der Waals surface area contributed by atoms with Crippen LogP contribution in [0.2, 0.25) is 0 Å². The molecular formula is C27H42N8O7. The van der Waals surface area contributed by atoms with Gasteiger partial charge in [0, 0.05) is 32.6 Å². The van der Waals surface area contributed by atoms with Crippen LogP contribution in [0.4, 0.5) is 10.6 Å². The van der Waals surface area contributed by atoms with Crippen LogP contribution < -0.4 is 16.4 Å². The third-order valence-corrected chi connectivity index (χ3v) is 7.80. The summed E-state index contributed by atoms with van der Waals surface area (Å²) in [6.45, 7) is 8.01. The van der Waals surface area contributed by atoms with Crippen LogP contribution in [0.3, 0.4) is 0 Å². The van der Waals surface area contributed by atoms with Crippen molar-refractivity contribution < 1.29 is 34.1 Å². The van der Waals surface area contributed by atoms with Crippen molar-refractivity contribution in [2.24, 2.45) is 11.8 Å². The Labute approximate surface area is 244 Å². The van der Waals surface area contributed by atoms with Gasteiger partial charge in [-0.05, 0) is 38.5 Å². The predicted octanol–water partition coefficient (Wildman–Crippen LogP) is 0.107. The van der Waals surface area contributed by atoms with E-state index in [1.165, 1.54) is 10.9 Å². The van der Waals surface area contributed by atoms with Gasteiger partial charge in [-0.2, -0.15) is 0 Å². The Morgan fingerprint density at radius 1 is 1.21 bits per heavy atom. The van der Waals surface area contributed by atoms with Gasteiger partial charge < -0.3 is 41.0 Å². The van der Waals surface area contributed by atoms with Gasteiger partial charge in [0.25, 0.3) is 5.91 Å². The van der Waals surface area contributed by atoms with Gasteiger partial charge in [-0.1, -0.05) is 13.8 Å². The van der Waals surface area contributed by atoms with E-state index in [1.54, 1.807) is 11.8 Å². The summed E-state index contributed by atoms with van der Waals surface area (Å²) >= 11 is 0. The largest absolute Gasteiger partial charge is 0.448 e. The smallest absolute Gasteiger partial charge is 0.409 e. The summed E-state index contributed by atoms with van der Waals surface area (Å²) in [5.74, 6) is 0.333. The van der Waals surface area contributed by atoms with Gasteiger partial charge in [-0.15, -0.1) is 0 Å². The highest BCUT2D eigenvalue weighted by atomic mass is 16.6. The maximum atomic E-state index is 12.3. The number of nitrogens with zero attached hydrogens (tertiary/aromatic N) is 5. The highest BCUT2D eigenvalue weighted by molar-refractivity contribution is 5.85. The van der Waals surface area contributed by atoms with Crippen LogP contribution >= 0.6 is 0 Å². The molecular weight excluding hydrogens is 548 g/mol. The molecule has 0 saturated carbocycles. The van der Waals surface area contributed by atoms with Crippen molar-refractivity contribution in [2.45, 2.75) is 77.4 Å². The summed E-state index contributed by atoms with van der Waals surface area (Å²) in [6.07, 6.45) is -0.0217. The summed E-state index contributed by atoms with van der Waals surface area (Å²) in [5, 5.41) is 26.2. The number of β-lactam (4-membered cyclic amide) rings is 1. The highest BCUT2D eigenvalue weighted by Crippen LogP contribution is 2.32. The molecule has 2 unspecified atom stereocenters. The number of carbonyl (C=O) groups is 3. The summed E-state index contributed by atoms with van der Waals surface area (Å²) in [7, 11) is 0. The van der Waals surface area contributed by atoms with Crippen molar-refractivity contribution in [1.29, 1.82) is 0 Å². The summed E-state index contributed by atoms with van der Waals surface area (Å²) in [5.41, 5.74) is 6.84. The van der Waals surface area contributed by atoms with Crippen LogP contribution in [-0.4, -0.2) is 104 Å². The Kier molecular flexibility index (Phi) is 10.5. The number of likely N-dealkylation sites (tertiary alicyclic amines) is 1. The zero-order chi connectivity index (χ0) is 30.4. The molecule has 6 N–H and O–H groups in total. The van der Waals surface area contributed by atoms with E-state index in [1.807, 2.05) is 13.8 Å². The number of imidazole rings is 1. The first-order valence-electron chi connectivity index (χ1n) is 14.7. The molecule has 5 atom stereocenters. The molecule has 3 aliphatic rings. The lowest BCUT2D eigenvalue weighted by Gasteiger charge is -2.32. The molecule has 3 aliphatic heterocycles. The number of amides is 3. The quantitative estimate of drug-likeness (QED) is 0.248. The monoisotopic (exact) mass is 590 g/mol. The van der Waals surface area contributed by atoms with Crippen molar-refractivity contribution in [3.63, 3.8) is 0 Å². The van der Waals surface area contributed by atoms with E-state index in [0.29, 0.717) is 55.5 Å². The number of aliphatic hydroxyl groups is 2. The Bertz CT molecular complexity index is 1250. The minimum atomic E-state index is -1.41. The number of rotatable bonds is 9. The average Bonchev–Trinajstić information content (AvgIpc) is 3.54. The van der Waals surface area contributed by atoms with Gasteiger partial charge in [0.1, 0.15) is 30.2 Å². The number of aromatic nitrogens is 4. The summed E-state index contributed by atoms with van der Waals surface area (Å²) in [6, 6.07) is 0. The van der Waals surface area contributed by atoms with Crippen molar-refractivity contribution in [3.05, 3.63) is 12.2 Å². The molecule has 0 aliphatic carbocycles. The third-order valence-electron chi connectivity index (χ3n) is 7.80. The lowest BCUT2D eigenvalue weighted by Crippen LogP contribution is -2.51. The van der Waals surface area contributed by atoms with Gasteiger partial charge in [0.05, 0.1) is 12.2 Å². The zero-order valence-corrected chi connectivity index (χ0v) is 24.4. The molecule has 0 bridgehead atoms. The van der Waals surface area contributed by atoms with Gasteiger partial charge in [-0.3, -0.25) is 14.2 Å². The van der Waals surface area contributed by atoms with Crippen LogP contribution in [0.5, 0.6) is 0 Å². The molecule has 0 radical (unpaired) electrons. The molecule has 2 aromatic heterocycles. The average molecular weight is 591 g/mol. The fraction of sp³-hybridized carbons (Fsp3) is 0.704. The van der Waals surface area contributed by atoms with Crippen LogP contribution in [-0.2, 0) is 25.5 Å². The summed E-state index contributed by atoms with van der Waals surface area (Å²) in [4.78, 5) is 50.8. The number of hydrogen-bond acceptors (Lipinski definition) is 11. The minimum Gasteiger partial charge on any atom is -0.448 e. The Hall–Kier alpha value is -3.56. The van der Waals surface area contributed by atoms with Crippen LogP contribution in [0, 0.1) is 11.8 Å². The molecule has 0 spiro atoms. The molecule has 5 rings (SSSR count). The first-order valence-corrected chi connectivity index (χ1v) is 14.7. The molecule has 3 fully saturated rings. The number of nitrogen functional groups attached to an aromatic ring is 1. The van der Waals surface area contributed by atoms with E-state index in [2.05, 4.69) is 25.6 Å². The number of piperidine rings is 1. The fourth-order valence-electron chi connectivity index (χ4n) is 5.34. The second-order valence-electron chi connectivity index (χ2n) is 10.5. The molecule has 0 aromatic carbocycles. The van der Waals surface area contributed by atoms with Crippen LogP contribution in [0.1, 0.15) is 58.5 Å². The van der Waals surface area contributed by atoms with E-state index >= 15 is 0 Å². The van der Waals surface area contributed by atoms with Crippen molar-refractivity contribution in [1.82, 2.24) is 35.1 Å². The molecule has 42 heavy (non-hydrogen) atoms. The van der Waals surface area contributed by atoms with E-state index in [9.17, 15) is 24.6 Å². The van der Waals surface area contributed by atoms with Gasteiger partial charge in [-0.25, -0.2) is 19.7 Å². The van der Waals surface area contributed by atoms with Crippen LogP contribution in [0.25, 0.3) is 11.2 Å². The molecule has 3 amide bonds. The van der Waals surface area contributed by atoms with Gasteiger partial charge in [0.15, 0.2) is 23.8 Å². The number of carbonyl (C=O) groups excluding carboxylic acids is 3. The number of aryl methyl sites for hydroxylation is 1. The Balaban J connectivity index is 0.00000198. The number of ether oxygens (including phenoxy) is 2. The standard InChI is InChI=1S/C25H36N8O7.C2H6/c1-2-27-23(37)19-17(34)18(35)24(40-19)33-12-29-16-20(26)30-15(31-21(16)33)5-3-4-13-6-8-32(9-7-13)25(38)39-11-14-10-28-22(14)36;1-2/h12-14,17-19,24,34-35H,2-11H2,1H3,(H,27,37)(H,28,36)(H2,26,30,31);1-2H3/t14?,17-,18?,19+,24-;/m1./s1. The molecule has 2 aromatic rings. The van der Waals surface area contributed by atoms with Crippen LogP contribution in [0.15, 0.2) is 6.33 Å². The maximum absolute atomic E-state index is 12.3. The zero-order valence-electron chi connectivity index (χ0n) is 24.4. The fourth-order valence-corrected chi connectivity index (χ4v) is 5.34. The number of hydrogen-bond donors (Lipinski definition) is 5. The summed E-state index contributed by atoms with van der Waals surface area (Å²) < 4.78 is 12.5. The lowest BCUT2D eigenvalue weighted by atomic mass is 9.91. The van der Waals surface area contributed by atoms with E-state index < -0.39 is 30.4 Å². The molecule has 15 heteroatoms. The predicted molar refractivity (Wildman–Crippen MR) is 151 cm³/mol. The number of nitrogens with two attached hydrogens (primary N) is 1. The Morgan fingerprint density at radius 2 is 1.95 bits per heavy atom. The SMILES string of the molecule is CC.CCNC(=O)[C@H]1O[C@@H](n2cnc3c(N)nc(CCCC4CCN(C(=O)OCC5CNC5=O)CC4)nc32)C(O)[C@H]1O. The minimum absolute atomic E-state index is 0.0748. The normalized spacial score (nSPS) is 25.8. The first kappa shape index (κ1) is 31.4. The number of likely N-dealkylation sites (N-methyl/N-ethyl adjacent to an activating group) is 1. The van der Waals surface area contributed by atoms with Gasteiger partial charge in [0.2, 0.25) is 5.91 Å². The van der Waals surface area contributed by atoms with Crippen molar-refractivity contribution in [3.8, 4) is 0 Å². The Morgan fingerprint density at radius 3 is 2.60 bits per heavy atom. The number of fused-ring (bicyclic) bond motifs is 1. The maximum Gasteiger partial charge on any atom is 0.409 e. The molecule has 3 saturated heterocycles. The lowest BCUT2D eigenvalue weighted by molar-refractivity contribution is -0.137. The van der Waals surface area contributed by atoms with Gasteiger partial charge >= 0.3 is 6.09 Å². The molecule has 15 nitrogen and oxygen atoms in total. The molecule has 232 valence electrons. The van der Waals surface area contributed by atoms with E-state index in [4.69, 9.17) is 15.2 Å². The van der Waals surface area contributed by atoms with Crippen molar-refractivity contribution in [2.75, 3.05) is 38.5 Å².